The molecule has 0 radical (unpaired) electrons. The molecule has 0 rings (SSSR count). The highest BCUT2D eigenvalue weighted by Gasteiger charge is 2.88. The molecule has 11 heteroatoms. The highest BCUT2D eigenvalue weighted by Crippen LogP contribution is 2.48. The zero-order valence-electron chi connectivity index (χ0n) is 5.85. The lowest BCUT2D eigenvalue weighted by molar-refractivity contribution is -0.186. The third kappa shape index (κ3) is 1.82. The average Bonchev–Trinajstić information content (AvgIpc) is 1.77. The molecule has 14 heavy (non-hydrogen) atoms. The fourth-order valence-corrected chi connectivity index (χ4v) is 1.45. The molecule has 0 atom stereocenters. The summed E-state index contributed by atoms with van der Waals surface area (Å²) < 4.78 is 103. The number of hydrogen-bond donors (Lipinski definition) is 1. The van der Waals surface area contributed by atoms with Gasteiger partial charge in [0.25, 0.3) is 0 Å². The summed E-state index contributed by atoms with van der Waals surface area (Å²) in [6, 6.07) is 0. The van der Waals surface area contributed by atoms with E-state index in [9.17, 15) is 39.5 Å². The van der Waals surface area contributed by atoms with Crippen LogP contribution in [0.15, 0.2) is 0 Å². The molecule has 0 aromatic heterocycles. The first kappa shape index (κ1) is 13.5. The summed E-state index contributed by atoms with van der Waals surface area (Å²) in [5.74, 6) is -20.2. The van der Waals surface area contributed by atoms with Gasteiger partial charge in [0.2, 0.25) is 0 Å². The fourth-order valence-electron chi connectivity index (χ4n) is 0.482. The van der Waals surface area contributed by atoms with Crippen LogP contribution in [-0.4, -0.2) is 30.5 Å². The lowest BCUT2D eigenvalue weighted by atomic mass is 11.4. The molecule has 0 aromatic rings. The van der Waals surface area contributed by atoms with Crippen molar-refractivity contribution in [1.82, 2.24) is 0 Å². The van der Waals surface area contributed by atoms with Gasteiger partial charge in [-0.1, -0.05) is 0 Å². The summed E-state index contributed by atoms with van der Waals surface area (Å²) in [6.07, 6.45) is 0. The van der Waals surface area contributed by atoms with E-state index in [2.05, 4.69) is 0 Å². The maximum atomic E-state index is 11.5. The van der Waals surface area contributed by atoms with Gasteiger partial charge in [0.15, 0.2) is 0 Å². The first-order valence-electron chi connectivity index (χ1n) is 2.67. The largest absolute Gasteiger partial charge is 0.545 e. The molecule has 0 spiro atoms. The van der Waals surface area contributed by atoms with Crippen molar-refractivity contribution in [2.45, 2.75) is 17.4 Å². The van der Waals surface area contributed by atoms with Gasteiger partial charge in [-0.2, -0.15) is 39.5 Å². The lowest BCUT2D eigenvalue weighted by Gasteiger charge is -2.30. The van der Waals surface area contributed by atoms with Crippen LogP contribution in [0, 0.1) is 0 Å². The number of halogens is 9. The van der Waals surface area contributed by atoms with Gasteiger partial charge in [0, 0.05) is 0 Å². The number of rotatable bonds is 0. The minimum absolute atomic E-state index is 6.73. The van der Waals surface area contributed by atoms with Crippen molar-refractivity contribution in [3.63, 3.8) is 0 Å². The molecule has 1 N–H and O–H groups in total. The van der Waals surface area contributed by atoms with Crippen LogP contribution in [-0.2, 0) is 0 Å². The monoisotopic (exact) mass is 252 g/mol. The van der Waals surface area contributed by atoms with Crippen molar-refractivity contribution in [3.8, 4) is 0 Å². The molecule has 0 aromatic carbocycles. The van der Waals surface area contributed by atoms with Crippen molar-refractivity contribution in [2.24, 2.45) is 0 Å². The van der Waals surface area contributed by atoms with E-state index in [0.29, 0.717) is 0 Å². The Kier molecular flexibility index (Phi) is 2.92. The second-order valence-electron chi connectivity index (χ2n) is 2.20. The molecular formula is C3HF9OSi. The Bertz CT molecular complexity index is 174. The molecule has 0 aliphatic carbocycles. The second-order valence-corrected chi connectivity index (χ2v) is 5.33. The minimum atomic E-state index is -8.35. The van der Waals surface area contributed by atoms with Gasteiger partial charge in [0.05, 0.1) is 0 Å². The van der Waals surface area contributed by atoms with Gasteiger partial charge in [-0.05, 0) is 0 Å². The molecule has 0 fully saturated rings. The zero-order valence-corrected chi connectivity index (χ0v) is 6.85. The second kappa shape index (κ2) is 3.02. The molecule has 0 amide bonds. The van der Waals surface area contributed by atoms with Gasteiger partial charge in [-0.3, -0.25) is 0 Å². The van der Waals surface area contributed by atoms with Crippen molar-refractivity contribution in [2.75, 3.05) is 0 Å². The van der Waals surface area contributed by atoms with Gasteiger partial charge in [-0.25, -0.2) is 0 Å². The SMILES string of the molecule is O[Si](C(F)(F)F)(C(F)(F)F)C(F)(F)F. The van der Waals surface area contributed by atoms with Gasteiger partial charge in [-0.15, -0.1) is 0 Å². The first-order valence-corrected chi connectivity index (χ1v) is 4.62. The van der Waals surface area contributed by atoms with Gasteiger partial charge < -0.3 is 4.80 Å². The van der Waals surface area contributed by atoms with E-state index in [-0.39, 0.29) is 0 Å². The summed E-state index contributed by atoms with van der Waals surface area (Å²) in [4.78, 5) is 7.78. The van der Waals surface area contributed by atoms with E-state index in [4.69, 9.17) is 4.80 Å². The molecule has 0 saturated heterocycles. The standard InChI is InChI=1S/C3HF9OSi/c4-1(5,6)14(13,2(7,8)9)3(10,11)12/h13H. The molecule has 0 heterocycles. The Hall–Kier alpha value is -0.453. The lowest BCUT2D eigenvalue weighted by Crippen LogP contribution is -2.72. The van der Waals surface area contributed by atoms with Crippen molar-refractivity contribution < 1.29 is 44.3 Å². The normalized spacial score (nSPS) is 15.9. The maximum absolute atomic E-state index is 11.5. The van der Waals surface area contributed by atoms with Crippen molar-refractivity contribution in [1.29, 1.82) is 0 Å². The fraction of sp³-hybridized carbons (Fsp3) is 1.00. The van der Waals surface area contributed by atoms with Crippen molar-refractivity contribution >= 4 is 8.32 Å². The highest BCUT2D eigenvalue weighted by molar-refractivity contribution is 6.78. The Labute approximate surface area is 71.3 Å². The van der Waals surface area contributed by atoms with Crippen LogP contribution >= 0.6 is 0 Å². The summed E-state index contributed by atoms with van der Waals surface area (Å²) in [6.45, 7) is 0. The van der Waals surface area contributed by atoms with Crippen LogP contribution in [0.1, 0.15) is 0 Å². The Morgan fingerprint density at radius 2 is 0.714 bits per heavy atom. The number of hydrogen-bond acceptors (Lipinski definition) is 1. The van der Waals surface area contributed by atoms with E-state index < -0.39 is 25.7 Å². The summed E-state index contributed by atoms with van der Waals surface area (Å²) in [5.41, 5.74) is 0. The maximum Gasteiger partial charge on any atom is 0.545 e. The first-order chi connectivity index (χ1) is 5.75. The average molecular weight is 252 g/mol. The van der Waals surface area contributed by atoms with E-state index in [0.717, 1.165) is 0 Å². The van der Waals surface area contributed by atoms with Crippen LogP contribution in [0.5, 0.6) is 0 Å². The van der Waals surface area contributed by atoms with E-state index in [1.54, 1.807) is 0 Å². The summed E-state index contributed by atoms with van der Waals surface area (Å²) in [7, 11) is -8.35. The molecule has 0 aliphatic rings. The smallest absolute Gasteiger partial charge is 0.413 e. The molecule has 0 bridgehead atoms. The molecule has 0 aliphatic heterocycles. The predicted octanol–water partition coefficient (Wildman–Crippen LogP) is 2.23. The Morgan fingerprint density at radius 3 is 0.714 bits per heavy atom. The van der Waals surface area contributed by atoms with Crippen LogP contribution in [0.4, 0.5) is 39.5 Å². The topological polar surface area (TPSA) is 20.2 Å². The minimum Gasteiger partial charge on any atom is -0.413 e. The van der Waals surface area contributed by atoms with Crippen molar-refractivity contribution in [3.05, 3.63) is 0 Å². The van der Waals surface area contributed by atoms with E-state index in [1.165, 1.54) is 0 Å². The quantitative estimate of drug-likeness (QED) is 0.517. The third-order valence-electron chi connectivity index (χ3n) is 1.23. The van der Waals surface area contributed by atoms with E-state index >= 15 is 0 Å². The van der Waals surface area contributed by atoms with Crippen LogP contribution in [0.3, 0.4) is 0 Å². The Morgan fingerprint density at radius 1 is 0.571 bits per heavy atom. The third-order valence-corrected chi connectivity index (χ3v) is 3.69. The molecule has 0 unspecified atom stereocenters. The zero-order chi connectivity index (χ0) is 12.0. The van der Waals surface area contributed by atoms with E-state index in [1.807, 2.05) is 0 Å². The summed E-state index contributed by atoms with van der Waals surface area (Å²) >= 11 is 0. The molecular weight excluding hydrogens is 251 g/mol. The van der Waals surface area contributed by atoms with Gasteiger partial charge in [0.1, 0.15) is 0 Å². The predicted molar refractivity (Wildman–Crippen MR) is 26.1 cm³/mol. The van der Waals surface area contributed by atoms with Crippen LogP contribution in [0.2, 0.25) is 0 Å². The number of alkyl halides is 9. The highest BCUT2D eigenvalue weighted by atomic mass is 28.4. The molecule has 1 nitrogen and oxygen atoms in total. The van der Waals surface area contributed by atoms with Gasteiger partial charge >= 0.3 is 25.7 Å². The molecule has 86 valence electrons. The van der Waals surface area contributed by atoms with Crippen LogP contribution in [0.25, 0.3) is 0 Å². The van der Waals surface area contributed by atoms with Crippen LogP contribution < -0.4 is 0 Å². The summed E-state index contributed by atoms with van der Waals surface area (Å²) in [5, 5.41) is 0. The molecule has 0 saturated carbocycles. The Balaban J connectivity index is 5.54.